The smallest absolute Gasteiger partial charge is 0.0614 e. The number of hydrogen-bond donors (Lipinski definition) is 1. The predicted octanol–water partition coefficient (Wildman–Crippen LogP) is 3.06. The topological polar surface area (TPSA) is 33.1 Å². The standard InChI is InChI=1S/C17H23NO/c19-16(9-11-2-1-3-18-10-11)17-14-5-12-4-13(7-14)8-15(17)6-12/h1-3,10,12-17,19H,4-9H2. The van der Waals surface area contributed by atoms with Crippen molar-refractivity contribution in [3.05, 3.63) is 30.1 Å². The number of nitrogens with zero attached hydrogens (tertiary/aromatic N) is 1. The van der Waals surface area contributed by atoms with Crippen LogP contribution < -0.4 is 0 Å². The second kappa shape index (κ2) is 4.59. The predicted molar refractivity (Wildman–Crippen MR) is 74.5 cm³/mol. The third kappa shape index (κ3) is 2.10. The minimum atomic E-state index is -0.154. The van der Waals surface area contributed by atoms with Crippen molar-refractivity contribution in [1.82, 2.24) is 4.98 Å². The summed E-state index contributed by atoms with van der Waals surface area (Å²) in [5.41, 5.74) is 1.18. The molecule has 0 amide bonds. The van der Waals surface area contributed by atoms with Crippen molar-refractivity contribution in [3.8, 4) is 0 Å². The highest BCUT2D eigenvalue weighted by Gasteiger charge is 2.50. The highest BCUT2D eigenvalue weighted by molar-refractivity contribution is 5.11. The van der Waals surface area contributed by atoms with Gasteiger partial charge >= 0.3 is 0 Å². The zero-order valence-corrected chi connectivity index (χ0v) is 11.4. The highest BCUT2D eigenvalue weighted by atomic mass is 16.3. The van der Waals surface area contributed by atoms with Gasteiger partial charge in [-0.3, -0.25) is 4.98 Å². The molecule has 2 nitrogen and oxygen atoms in total. The highest BCUT2D eigenvalue weighted by Crippen LogP contribution is 2.57. The minimum absolute atomic E-state index is 0.154. The van der Waals surface area contributed by atoms with E-state index in [4.69, 9.17) is 0 Å². The molecule has 5 rings (SSSR count). The van der Waals surface area contributed by atoms with Gasteiger partial charge in [-0.2, -0.15) is 0 Å². The maximum atomic E-state index is 10.7. The van der Waals surface area contributed by atoms with Gasteiger partial charge < -0.3 is 5.11 Å². The molecule has 1 atom stereocenters. The van der Waals surface area contributed by atoms with Crippen molar-refractivity contribution < 1.29 is 5.11 Å². The van der Waals surface area contributed by atoms with Crippen LogP contribution in [-0.2, 0) is 6.42 Å². The van der Waals surface area contributed by atoms with Crippen LogP contribution in [0, 0.1) is 29.6 Å². The Morgan fingerprint density at radius 1 is 1.11 bits per heavy atom. The number of aliphatic hydroxyl groups is 1. The van der Waals surface area contributed by atoms with Gasteiger partial charge in [0.1, 0.15) is 0 Å². The third-order valence-corrected chi connectivity index (χ3v) is 5.91. The fourth-order valence-corrected chi connectivity index (χ4v) is 5.49. The molecule has 1 heterocycles. The van der Waals surface area contributed by atoms with E-state index in [1.807, 2.05) is 12.3 Å². The van der Waals surface area contributed by atoms with Crippen LogP contribution >= 0.6 is 0 Å². The molecule has 0 spiro atoms. The van der Waals surface area contributed by atoms with Gasteiger partial charge in [0.05, 0.1) is 6.10 Å². The van der Waals surface area contributed by atoms with Gasteiger partial charge in [0.15, 0.2) is 0 Å². The Morgan fingerprint density at radius 3 is 2.37 bits per heavy atom. The first-order valence-electron chi connectivity index (χ1n) is 7.86. The number of pyridine rings is 1. The van der Waals surface area contributed by atoms with Crippen LogP contribution in [0.1, 0.15) is 37.7 Å². The molecule has 0 saturated heterocycles. The van der Waals surface area contributed by atoms with Crippen LogP contribution in [0.15, 0.2) is 24.5 Å². The van der Waals surface area contributed by atoms with Gasteiger partial charge in [-0.25, -0.2) is 0 Å². The summed E-state index contributed by atoms with van der Waals surface area (Å²) in [4.78, 5) is 4.16. The zero-order valence-electron chi connectivity index (χ0n) is 11.4. The van der Waals surface area contributed by atoms with Gasteiger partial charge in [0.25, 0.3) is 0 Å². The van der Waals surface area contributed by atoms with Crippen molar-refractivity contribution in [3.63, 3.8) is 0 Å². The van der Waals surface area contributed by atoms with E-state index >= 15 is 0 Å². The Morgan fingerprint density at radius 2 is 1.79 bits per heavy atom. The first-order chi connectivity index (χ1) is 9.29. The molecular weight excluding hydrogens is 234 g/mol. The minimum Gasteiger partial charge on any atom is -0.392 e. The van der Waals surface area contributed by atoms with Crippen molar-refractivity contribution >= 4 is 0 Å². The lowest BCUT2D eigenvalue weighted by Gasteiger charge is -2.55. The zero-order chi connectivity index (χ0) is 12.8. The Balaban J connectivity index is 1.50. The SMILES string of the molecule is OC(Cc1cccnc1)C1C2CC3CC(C2)CC1C3. The van der Waals surface area contributed by atoms with Gasteiger partial charge in [-0.1, -0.05) is 6.07 Å². The lowest BCUT2D eigenvalue weighted by Crippen LogP contribution is -2.49. The Labute approximate surface area is 115 Å². The number of rotatable bonds is 3. The monoisotopic (exact) mass is 257 g/mol. The van der Waals surface area contributed by atoms with Gasteiger partial charge in [0, 0.05) is 18.8 Å². The third-order valence-electron chi connectivity index (χ3n) is 5.91. The Kier molecular flexibility index (Phi) is 2.87. The molecule has 4 aliphatic rings. The van der Waals surface area contributed by atoms with Crippen LogP contribution in [0.25, 0.3) is 0 Å². The van der Waals surface area contributed by atoms with Crippen molar-refractivity contribution in [2.75, 3.05) is 0 Å². The molecule has 0 aromatic carbocycles. The summed E-state index contributed by atoms with van der Waals surface area (Å²) in [5.74, 6) is 4.16. The molecule has 4 fully saturated rings. The van der Waals surface area contributed by atoms with E-state index in [0.717, 1.165) is 30.1 Å². The molecule has 1 aromatic rings. The first-order valence-corrected chi connectivity index (χ1v) is 7.86. The molecule has 0 aliphatic heterocycles. The molecule has 2 heteroatoms. The van der Waals surface area contributed by atoms with Crippen molar-refractivity contribution in [2.24, 2.45) is 29.6 Å². The fourth-order valence-electron chi connectivity index (χ4n) is 5.49. The van der Waals surface area contributed by atoms with Crippen LogP contribution in [0.5, 0.6) is 0 Å². The molecule has 4 saturated carbocycles. The van der Waals surface area contributed by atoms with Crippen LogP contribution in [0.4, 0.5) is 0 Å². The first kappa shape index (κ1) is 11.9. The lowest BCUT2D eigenvalue weighted by atomic mass is 9.50. The summed E-state index contributed by atoms with van der Waals surface area (Å²) in [7, 11) is 0. The second-order valence-corrected chi connectivity index (χ2v) is 7.14. The number of aliphatic hydroxyl groups excluding tert-OH is 1. The Hall–Kier alpha value is -0.890. The molecule has 1 N–H and O–H groups in total. The van der Waals surface area contributed by atoms with E-state index in [9.17, 15) is 5.11 Å². The summed E-state index contributed by atoms with van der Waals surface area (Å²) in [6.45, 7) is 0. The van der Waals surface area contributed by atoms with Gasteiger partial charge in [0.2, 0.25) is 0 Å². The van der Waals surface area contributed by atoms with Gasteiger partial charge in [-0.05, 0) is 73.3 Å². The average molecular weight is 257 g/mol. The molecule has 0 radical (unpaired) electrons. The van der Waals surface area contributed by atoms with E-state index < -0.39 is 0 Å². The maximum Gasteiger partial charge on any atom is 0.0614 e. The largest absolute Gasteiger partial charge is 0.392 e. The van der Waals surface area contributed by atoms with E-state index in [2.05, 4.69) is 11.1 Å². The van der Waals surface area contributed by atoms with Crippen LogP contribution in [0.2, 0.25) is 0 Å². The maximum absolute atomic E-state index is 10.7. The van der Waals surface area contributed by atoms with E-state index in [1.54, 1.807) is 6.20 Å². The molecule has 1 aromatic heterocycles. The average Bonchev–Trinajstić information content (AvgIpc) is 2.38. The van der Waals surface area contributed by atoms with Gasteiger partial charge in [-0.15, -0.1) is 0 Å². The van der Waals surface area contributed by atoms with Crippen molar-refractivity contribution in [1.29, 1.82) is 0 Å². The van der Waals surface area contributed by atoms with Crippen molar-refractivity contribution in [2.45, 2.75) is 44.6 Å². The number of hydrogen-bond acceptors (Lipinski definition) is 2. The summed E-state index contributed by atoms with van der Waals surface area (Å²) < 4.78 is 0. The molecule has 19 heavy (non-hydrogen) atoms. The number of aromatic nitrogens is 1. The second-order valence-electron chi connectivity index (χ2n) is 7.14. The van der Waals surface area contributed by atoms with E-state index in [-0.39, 0.29) is 6.10 Å². The quantitative estimate of drug-likeness (QED) is 0.902. The fraction of sp³-hybridized carbons (Fsp3) is 0.706. The summed E-state index contributed by atoms with van der Waals surface area (Å²) in [6, 6.07) is 4.06. The summed E-state index contributed by atoms with van der Waals surface area (Å²) in [5, 5.41) is 10.7. The van der Waals surface area contributed by atoms with Crippen LogP contribution in [-0.4, -0.2) is 16.2 Å². The van der Waals surface area contributed by atoms with E-state index in [1.165, 1.54) is 37.7 Å². The van der Waals surface area contributed by atoms with E-state index in [0.29, 0.717) is 5.92 Å². The molecule has 4 aliphatic carbocycles. The normalized spacial score (nSPS) is 41.4. The van der Waals surface area contributed by atoms with Crippen LogP contribution in [0.3, 0.4) is 0 Å². The molecular formula is C17H23NO. The summed E-state index contributed by atoms with van der Waals surface area (Å²) >= 11 is 0. The molecule has 1 unspecified atom stereocenters. The Bertz CT molecular complexity index is 416. The lowest BCUT2D eigenvalue weighted by molar-refractivity contribution is -0.0887. The molecule has 102 valence electrons. The summed E-state index contributed by atoms with van der Waals surface area (Å²) in [6.07, 6.45) is 11.4. The molecule has 4 bridgehead atoms.